The second-order valence-electron chi connectivity index (χ2n) is 4.95. The van der Waals surface area contributed by atoms with Gasteiger partial charge in [-0.1, -0.05) is 13.3 Å². The van der Waals surface area contributed by atoms with E-state index in [2.05, 4.69) is 27.3 Å². The van der Waals surface area contributed by atoms with E-state index in [0.717, 1.165) is 64.0 Å². The quantitative estimate of drug-likeness (QED) is 0.702. The normalized spacial score (nSPS) is 21.1. The smallest absolute Gasteiger partial charge is 0.165 e. The number of nitrogens with zero attached hydrogens (tertiary/aromatic N) is 5. The molecule has 0 saturated carbocycles. The van der Waals surface area contributed by atoms with E-state index in [1.807, 2.05) is 4.68 Å². The van der Waals surface area contributed by atoms with Gasteiger partial charge in [0.15, 0.2) is 5.82 Å². The molecule has 1 aliphatic heterocycles. The molecule has 100 valence electrons. The SMILES string of the molecule is CCCCn1nnnc1CN1CCCC(C=O)C1. The highest BCUT2D eigenvalue weighted by atomic mass is 16.1. The summed E-state index contributed by atoms with van der Waals surface area (Å²) in [5.41, 5.74) is 0. The Morgan fingerprint density at radius 3 is 3.17 bits per heavy atom. The highest BCUT2D eigenvalue weighted by Gasteiger charge is 2.21. The number of aromatic nitrogens is 4. The van der Waals surface area contributed by atoms with Crippen LogP contribution in [0.2, 0.25) is 0 Å². The second-order valence-corrected chi connectivity index (χ2v) is 4.95. The first-order valence-corrected chi connectivity index (χ1v) is 6.76. The standard InChI is InChI=1S/C12H21N5O/c1-2-3-7-17-12(13-14-15-17)9-16-6-4-5-11(8-16)10-18/h10-11H,2-9H2,1H3. The van der Waals surface area contributed by atoms with Crippen LogP contribution in [0.15, 0.2) is 0 Å². The second kappa shape index (κ2) is 6.58. The summed E-state index contributed by atoms with van der Waals surface area (Å²) < 4.78 is 1.88. The van der Waals surface area contributed by atoms with E-state index in [1.165, 1.54) is 0 Å². The summed E-state index contributed by atoms with van der Waals surface area (Å²) in [4.78, 5) is 13.1. The molecule has 0 aliphatic carbocycles. The lowest BCUT2D eigenvalue weighted by atomic mass is 10.00. The Kier molecular flexibility index (Phi) is 4.81. The number of carbonyl (C=O) groups is 1. The zero-order valence-corrected chi connectivity index (χ0v) is 11.0. The van der Waals surface area contributed by atoms with Gasteiger partial charge in [0.2, 0.25) is 0 Å². The largest absolute Gasteiger partial charge is 0.303 e. The van der Waals surface area contributed by atoms with Gasteiger partial charge in [0.1, 0.15) is 6.29 Å². The van der Waals surface area contributed by atoms with Crippen LogP contribution in [0.3, 0.4) is 0 Å². The van der Waals surface area contributed by atoms with Gasteiger partial charge >= 0.3 is 0 Å². The molecule has 1 aromatic heterocycles. The lowest BCUT2D eigenvalue weighted by Crippen LogP contribution is -2.36. The third-order valence-electron chi connectivity index (χ3n) is 3.43. The number of hydrogen-bond acceptors (Lipinski definition) is 5. The number of aldehydes is 1. The van der Waals surface area contributed by atoms with Crippen molar-refractivity contribution in [2.45, 2.75) is 45.7 Å². The van der Waals surface area contributed by atoms with Gasteiger partial charge in [0.05, 0.1) is 6.54 Å². The fraction of sp³-hybridized carbons (Fsp3) is 0.833. The number of rotatable bonds is 6. The van der Waals surface area contributed by atoms with Crippen molar-refractivity contribution in [3.05, 3.63) is 5.82 Å². The number of aryl methyl sites for hydroxylation is 1. The first-order valence-electron chi connectivity index (χ1n) is 6.76. The predicted molar refractivity (Wildman–Crippen MR) is 66.8 cm³/mol. The molecule has 1 atom stereocenters. The van der Waals surface area contributed by atoms with Crippen molar-refractivity contribution in [1.29, 1.82) is 0 Å². The number of unbranched alkanes of at least 4 members (excludes halogenated alkanes) is 1. The maximum Gasteiger partial charge on any atom is 0.165 e. The molecule has 6 nitrogen and oxygen atoms in total. The van der Waals surface area contributed by atoms with Crippen LogP contribution in [0.25, 0.3) is 0 Å². The number of piperidine rings is 1. The minimum atomic E-state index is 0.179. The van der Waals surface area contributed by atoms with Crippen LogP contribution in [-0.2, 0) is 17.9 Å². The fourth-order valence-corrected chi connectivity index (χ4v) is 2.36. The number of carbonyl (C=O) groups excluding carboxylic acids is 1. The highest BCUT2D eigenvalue weighted by molar-refractivity contribution is 5.53. The molecule has 1 saturated heterocycles. The minimum absolute atomic E-state index is 0.179. The molecular weight excluding hydrogens is 230 g/mol. The summed E-state index contributed by atoms with van der Waals surface area (Å²) >= 11 is 0. The van der Waals surface area contributed by atoms with E-state index < -0.39 is 0 Å². The van der Waals surface area contributed by atoms with Crippen molar-refractivity contribution in [3.8, 4) is 0 Å². The van der Waals surface area contributed by atoms with Crippen LogP contribution in [0.5, 0.6) is 0 Å². The summed E-state index contributed by atoms with van der Waals surface area (Å²) in [6, 6.07) is 0. The maximum absolute atomic E-state index is 10.8. The van der Waals surface area contributed by atoms with E-state index in [4.69, 9.17) is 0 Å². The zero-order chi connectivity index (χ0) is 12.8. The summed E-state index contributed by atoms with van der Waals surface area (Å²) in [7, 11) is 0. The van der Waals surface area contributed by atoms with E-state index in [1.54, 1.807) is 0 Å². The van der Waals surface area contributed by atoms with E-state index in [9.17, 15) is 4.79 Å². The first kappa shape index (κ1) is 13.1. The Morgan fingerprint density at radius 2 is 2.39 bits per heavy atom. The highest BCUT2D eigenvalue weighted by Crippen LogP contribution is 2.16. The summed E-state index contributed by atoms with van der Waals surface area (Å²) in [6.45, 7) is 5.66. The lowest BCUT2D eigenvalue weighted by molar-refractivity contribution is -0.112. The molecule has 18 heavy (non-hydrogen) atoms. The molecule has 0 radical (unpaired) electrons. The van der Waals surface area contributed by atoms with Gasteiger partial charge in [0.25, 0.3) is 0 Å². The van der Waals surface area contributed by atoms with Gasteiger partial charge in [-0.25, -0.2) is 4.68 Å². The van der Waals surface area contributed by atoms with Crippen LogP contribution in [0.4, 0.5) is 0 Å². The third-order valence-corrected chi connectivity index (χ3v) is 3.43. The van der Waals surface area contributed by atoms with Crippen molar-refractivity contribution in [2.24, 2.45) is 5.92 Å². The molecule has 1 unspecified atom stereocenters. The molecule has 1 fully saturated rings. The number of hydrogen-bond donors (Lipinski definition) is 0. The van der Waals surface area contributed by atoms with Gasteiger partial charge in [0, 0.05) is 19.0 Å². The van der Waals surface area contributed by atoms with Gasteiger partial charge < -0.3 is 4.79 Å². The Hall–Kier alpha value is -1.30. The predicted octanol–water partition coefficient (Wildman–Crippen LogP) is 0.884. The first-order chi connectivity index (χ1) is 8.83. The number of likely N-dealkylation sites (tertiary alicyclic amines) is 1. The van der Waals surface area contributed by atoms with Crippen molar-refractivity contribution >= 4 is 6.29 Å². The van der Waals surface area contributed by atoms with Crippen molar-refractivity contribution < 1.29 is 4.79 Å². The Morgan fingerprint density at radius 1 is 1.50 bits per heavy atom. The molecule has 2 rings (SSSR count). The maximum atomic E-state index is 10.8. The monoisotopic (exact) mass is 251 g/mol. The Labute approximate surface area is 107 Å². The molecule has 1 aliphatic rings. The van der Waals surface area contributed by atoms with Crippen LogP contribution < -0.4 is 0 Å². The zero-order valence-electron chi connectivity index (χ0n) is 11.0. The van der Waals surface area contributed by atoms with Crippen LogP contribution in [0, 0.1) is 5.92 Å². The molecule has 2 heterocycles. The third kappa shape index (κ3) is 3.35. The summed E-state index contributed by atoms with van der Waals surface area (Å²) in [5.74, 6) is 1.09. The summed E-state index contributed by atoms with van der Waals surface area (Å²) in [5, 5.41) is 11.9. The van der Waals surface area contributed by atoms with Crippen LogP contribution in [-0.4, -0.2) is 44.5 Å². The Bertz CT molecular complexity index is 378. The van der Waals surface area contributed by atoms with Crippen LogP contribution in [0.1, 0.15) is 38.4 Å². The van der Waals surface area contributed by atoms with Gasteiger partial charge in [-0.05, 0) is 36.2 Å². The minimum Gasteiger partial charge on any atom is -0.303 e. The van der Waals surface area contributed by atoms with E-state index >= 15 is 0 Å². The topological polar surface area (TPSA) is 63.9 Å². The van der Waals surface area contributed by atoms with Gasteiger partial charge in [-0.3, -0.25) is 4.90 Å². The summed E-state index contributed by atoms with van der Waals surface area (Å²) in [6.07, 6.45) is 5.40. The van der Waals surface area contributed by atoms with Crippen molar-refractivity contribution in [1.82, 2.24) is 25.1 Å². The molecule has 0 aromatic carbocycles. The molecule has 0 spiro atoms. The van der Waals surface area contributed by atoms with Gasteiger partial charge in [-0.15, -0.1) is 5.10 Å². The Balaban J connectivity index is 1.92. The lowest BCUT2D eigenvalue weighted by Gasteiger charge is -2.29. The molecule has 1 aromatic rings. The van der Waals surface area contributed by atoms with Crippen molar-refractivity contribution in [3.63, 3.8) is 0 Å². The molecule has 0 N–H and O–H groups in total. The average Bonchev–Trinajstić information content (AvgIpc) is 2.84. The van der Waals surface area contributed by atoms with E-state index in [-0.39, 0.29) is 5.92 Å². The molecular formula is C12H21N5O. The molecule has 0 amide bonds. The van der Waals surface area contributed by atoms with E-state index in [0.29, 0.717) is 0 Å². The van der Waals surface area contributed by atoms with Gasteiger partial charge in [-0.2, -0.15) is 0 Å². The van der Waals surface area contributed by atoms with Crippen molar-refractivity contribution in [2.75, 3.05) is 13.1 Å². The molecule has 0 bridgehead atoms. The molecule has 6 heteroatoms. The fourth-order valence-electron chi connectivity index (χ4n) is 2.36. The van der Waals surface area contributed by atoms with Crippen LogP contribution >= 0.6 is 0 Å². The average molecular weight is 251 g/mol. The number of tetrazole rings is 1.